The van der Waals surface area contributed by atoms with E-state index < -0.39 is 39.6 Å². The summed E-state index contributed by atoms with van der Waals surface area (Å²) in [7, 11) is -4.06. The fraction of sp³-hybridized carbons (Fsp3) is 0.375. The van der Waals surface area contributed by atoms with Crippen LogP contribution in [0.25, 0.3) is 0 Å². The second kappa shape index (κ2) is 10.3. The highest BCUT2D eigenvalue weighted by molar-refractivity contribution is 7.90. The monoisotopic (exact) mass is 489 g/mol. The number of rotatable bonds is 9. The minimum absolute atomic E-state index is 0.0551. The maximum atomic E-state index is 14.3. The molecule has 10 heteroatoms. The molecule has 0 unspecified atom stereocenters. The molecule has 0 spiro atoms. The molecule has 0 saturated carbocycles. The second-order valence-corrected chi connectivity index (χ2v) is 10.1. The summed E-state index contributed by atoms with van der Waals surface area (Å²) in [5.41, 5.74) is 0.274. The normalized spacial score (nSPS) is 16.0. The minimum atomic E-state index is -4.06. The number of nitrogens with one attached hydrogen (secondary N) is 1. The lowest BCUT2D eigenvalue weighted by atomic mass is 10.1. The third-order valence-electron chi connectivity index (χ3n) is 5.91. The van der Waals surface area contributed by atoms with Gasteiger partial charge in [-0.15, -0.1) is 0 Å². The Morgan fingerprint density at radius 1 is 1.09 bits per heavy atom. The van der Waals surface area contributed by atoms with Gasteiger partial charge in [0.05, 0.1) is 5.56 Å². The average molecular weight is 490 g/mol. The van der Waals surface area contributed by atoms with Gasteiger partial charge in [-0.1, -0.05) is 37.3 Å². The van der Waals surface area contributed by atoms with Crippen LogP contribution in [0.5, 0.6) is 0 Å². The van der Waals surface area contributed by atoms with Gasteiger partial charge in [0.25, 0.3) is 15.9 Å². The molecule has 0 radical (unpaired) electrons. The second-order valence-electron chi connectivity index (χ2n) is 8.24. The van der Waals surface area contributed by atoms with Gasteiger partial charge in [-0.25, -0.2) is 17.1 Å². The number of carbonyl (C=O) groups is 3. The molecule has 2 aromatic rings. The molecule has 2 aromatic carbocycles. The lowest BCUT2D eigenvalue weighted by molar-refractivity contribution is -0.141. The van der Waals surface area contributed by atoms with Crippen LogP contribution in [0, 0.1) is 5.82 Å². The Morgan fingerprint density at radius 3 is 2.38 bits per heavy atom. The average Bonchev–Trinajstić information content (AvgIpc) is 3.01. The maximum absolute atomic E-state index is 14.3. The van der Waals surface area contributed by atoms with E-state index in [1.54, 1.807) is 12.1 Å². The SMILES string of the molecule is CC[C@@H](C)NC(=O)[C@H](C)N(Cc1ccccc1F)C(=O)CCN1C(=O)c2ccccc2S1(=O)=O. The Morgan fingerprint density at radius 2 is 1.74 bits per heavy atom. The molecular weight excluding hydrogens is 461 g/mol. The van der Waals surface area contributed by atoms with E-state index in [2.05, 4.69) is 5.32 Å². The molecule has 0 aromatic heterocycles. The molecule has 3 amide bonds. The highest BCUT2D eigenvalue weighted by Gasteiger charge is 2.41. The van der Waals surface area contributed by atoms with Crippen LogP contribution in [-0.4, -0.2) is 54.0 Å². The zero-order valence-corrected chi connectivity index (χ0v) is 20.1. The molecule has 8 nitrogen and oxygen atoms in total. The van der Waals surface area contributed by atoms with Crippen LogP contribution >= 0.6 is 0 Å². The summed E-state index contributed by atoms with van der Waals surface area (Å²) in [6.07, 6.45) is 0.337. The summed E-state index contributed by atoms with van der Waals surface area (Å²) in [6.45, 7) is 4.70. The predicted octanol–water partition coefficient (Wildman–Crippen LogP) is 2.69. The van der Waals surface area contributed by atoms with E-state index in [0.717, 1.165) is 0 Å². The topological polar surface area (TPSA) is 104 Å². The van der Waals surface area contributed by atoms with Crippen LogP contribution in [0.1, 0.15) is 49.5 Å². The Balaban J connectivity index is 1.80. The highest BCUT2D eigenvalue weighted by Crippen LogP contribution is 2.30. The van der Waals surface area contributed by atoms with Crippen molar-refractivity contribution in [2.45, 2.75) is 57.1 Å². The van der Waals surface area contributed by atoms with Crippen LogP contribution in [-0.2, 0) is 26.2 Å². The van der Waals surface area contributed by atoms with E-state index in [1.807, 2.05) is 13.8 Å². The lowest BCUT2D eigenvalue weighted by Gasteiger charge is -2.30. The number of sulfonamides is 1. The summed E-state index contributed by atoms with van der Waals surface area (Å²) in [4.78, 5) is 39.7. The highest BCUT2D eigenvalue weighted by atomic mass is 32.2. The van der Waals surface area contributed by atoms with E-state index >= 15 is 0 Å². The maximum Gasteiger partial charge on any atom is 0.269 e. The quantitative estimate of drug-likeness (QED) is 0.583. The number of halogens is 1. The van der Waals surface area contributed by atoms with Gasteiger partial charge in [0.15, 0.2) is 0 Å². The van der Waals surface area contributed by atoms with Crippen molar-refractivity contribution in [2.75, 3.05) is 6.54 Å². The molecule has 1 N–H and O–H groups in total. The molecule has 2 atom stereocenters. The molecule has 182 valence electrons. The number of fused-ring (bicyclic) bond motifs is 1. The Bertz CT molecular complexity index is 1200. The van der Waals surface area contributed by atoms with Gasteiger partial charge in [-0.3, -0.25) is 14.4 Å². The first-order valence-electron chi connectivity index (χ1n) is 11.1. The summed E-state index contributed by atoms with van der Waals surface area (Å²) in [6, 6.07) is 10.7. The molecule has 3 rings (SSSR count). The molecule has 0 saturated heterocycles. The zero-order chi connectivity index (χ0) is 25.0. The summed E-state index contributed by atoms with van der Waals surface area (Å²) < 4.78 is 40.5. The van der Waals surface area contributed by atoms with Crippen LogP contribution < -0.4 is 5.32 Å². The Labute approximate surface area is 198 Å². The fourth-order valence-electron chi connectivity index (χ4n) is 3.65. The van der Waals surface area contributed by atoms with Crippen molar-refractivity contribution in [2.24, 2.45) is 0 Å². The standard InChI is InChI=1S/C24H28FN3O5S/c1-4-16(2)26-23(30)17(3)27(15-18-9-5-7-11-20(18)25)22(29)13-14-28-24(31)19-10-6-8-12-21(19)34(28,32)33/h5-12,16-17H,4,13-15H2,1-3H3,(H,26,30)/t16-,17+/m1/s1. The van der Waals surface area contributed by atoms with Gasteiger partial charge in [0, 0.05) is 31.1 Å². The van der Waals surface area contributed by atoms with Crippen molar-refractivity contribution in [1.82, 2.24) is 14.5 Å². The predicted molar refractivity (Wildman–Crippen MR) is 124 cm³/mol. The first-order valence-corrected chi connectivity index (χ1v) is 12.5. The zero-order valence-electron chi connectivity index (χ0n) is 19.3. The molecule has 34 heavy (non-hydrogen) atoms. The van der Waals surface area contributed by atoms with Crippen LogP contribution in [0.3, 0.4) is 0 Å². The number of benzene rings is 2. The van der Waals surface area contributed by atoms with Crippen LogP contribution in [0.4, 0.5) is 4.39 Å². The molecule has 0 aliphatic carbocycles. The van der Waals surface area contributed by atoms with Crippen molar-refractivity contribution in [3.8, 4) is 0 Å². The Hall–Kier alpha value is -3.27. The van der Waals surface area contributed by atoms with Crippen molar-refractivity contribution >= 4 is 27.7 Å². The smallest absolute Gasteiger partial charge is 0.269 e. The summed E-state index contributed by atoms with van der Waals surface area (Å²) >= 11 is 0. The third-order valence-corrected chi connectivity index (χ3v) is 7.75. The van der Waals surface area contributed by atoms with E-state index in [0.29, 0.717) is 10.7 Å². The largest absolute Gasteiger partial charge is 0.352 e. The minimum Gasteiger partial charge on any atom is -0.352 e. The van der Waals surface area contributed by atoms with Crippen LogP contribution in [0.2, 0.25) is 0 Å². The van der Waals surface area contributed by atoms with Crippen LogP contribution in [0.15, 0.2) is 53.4 Å². The van der Waals surface area contributed by atoms with Crippen molar-refractivity contribution in [3.05, 3.63) is 65.5 Å². The number of carbonyl (C=O) groups excluding carboxylic acids is 3. The molecular formula is C24H28FN3O5S. The fourth-order valence-corrected chi connectivity index (χ4v) is 5.22. The van der Waals surface area contributed by atoms with E-state index in [4.69, 9.17) is 0 Å². The molecule has 1 aliphatic heterocycles. The summed E-state index contributed by atoms with van der Waals surface area (Å²) in [5.74, 6) is -2.21. The van der Waals surface area contributed by atoms with Gasteiger partial charge < -0.3 is 10.2 Å². The molecule has 1 heterocycles. The number of hydrogen-bond acceptors (Lipinski definition) is 5. The molecule has 0 fully saturated rings. The van der Waals surface area contributed by atoms with Gasteiger partial charge in [0.1, 0.15) is 16.8 Å². The first-order chi connectivity index (χ1) is 16.1. The van der Waals surface area contributed by atoms with Crippen molar-refractivity contribution in [1.29, 1.82) is 0 Å². The molecule has 1 aliphatic rings. The summed E-state index contributed by atoms with van der Waals surface area (Å²) in [5, 5.41) is 2.81. The Kier molecular flexibility index (Phi) is 7.71. The van der Waals surface area contributed by atoms with E-state index in [9.17, 15) is 27.2 Å². The lowest BCUT2D eigenvalue weighted by Crippen LogP contribution is -2.50. The first kappa shape index (κ1) is 25.4. The van der Waals surface area contributed by atoms with Gasteiger partial charge in [-0.2, -0.15) is 0 Å². The van der Waals surface area contributed by atoms with Crippen molar-refractivity contribution in [3.63, 3.8) is 0 Å². The van der Waals surface area contributed by atoms with Crippen molar-refractivity contribution < 1.29 is 27.2 Å². The van der Waals surface area contributed by atoms with E-state index in [-0.39, 0.29) is 41.6 Å². The van der Waals surface area contributed by atoms with E-state index in [1.165, 1.54) is 48.2 Å². The van der Waals surface area contributed by atoms with Gasteiger partial charge in [-0.05, 0) is 38.5 Å². The number of amides is 3. The molecule has 0 bridgehead atoms. The number of nitrogens with zero attached hydrogens (tertiary/aromatic N) is 2. The number of hydrogen-bond donors (Lipinski definition) is 1. The van der Waals surface area contributed by atoms with Gasteiger partial charge in [0.2, 0.25) is 11.8 Å². The van der Waals surface area contributed by atoms with Gasteiger partial charge >= 0.3 is 0 Å². The third kappa shape index (κ3) is 5.11.